The summed E-state index contributed by atoms with van der Waals surface area (Å²) in [4.78, 5) is 50.0. The second kappa shape index (κ2) is 17.3. The summed E-state index contributed by atoms with van der Waals surface area (Å²) in [6, 6.07) is -0.471. The number of carboxylic acid groups (broad SMARTS) is 2. The Balaban J connectivity index is 2.44. The van der Waals surface area contributed by atoms with Crippen LogP contribution in [0, 0.1) is 0 Å². The zero-order valence-electron chi connectivity index (χ0n) is 20.7. The van der Waals surface area contributed by atoms with E-state index in [1.165, 1.54) is 0 Å². The summed E-state index contributed by atoms with van der Waals surface area (Å²) in [6.45, 7) is 2.00. The minimum absolute atomic E-state index is 0.133. The van der Waals surface area contributed by atoms with Crippen molar-refractivity contribution in [3.05, 3.63) is 0 Å². The van der Waals surface area contributed by atoms with Crippen LogP contribution in [0.15, 0.2) is 0 Å². The van der Waals surface area contributed by atoms with Crippen LogP contribution in [-0.4, -0.2) is 96.4 Å². The van der Waals surface area contributed by atoms with E-state index >= 15 is 0 Å². The molecule has 0 aromatic carbocycles. The summed E-state index contributed by atoms with van der Waals surface area (Å²) < 4.78 is 11.1. The molecule has 196 valence electrons. The Kier molecular flexibility index (Phi) is 15.1. The van der Waals surface area contributed by atoms with E-state index in [0.29, 0.717) is 51.9 Å². The van der Waals surface area contributed by atoms with Gasteiger partial charge in [-0.15, -0.1) is 0 Å². The molecule has 1 aliphatic rings. The number of unbranched alkanes of at least 4 members (excludes halogenated alkanes) is 6. The molecule has 34 heavy (non-hydrogen) atoms. The predicted octanol–water partition coefficient (Wildman–Crippen LogP) is 2.54. The van der Waals surface area contributed by atoms with Crippen LogP contribution in [0.25, 0.3) is 0 Å². The Bertz CT molecular complexity index is 640. The lowest BCUT2D eigenvalue weighted by molar-refractivity contribution is -0.151. The maximum atomic E-state index is 12.7. The smallest absolute Gasteiger partial charge is 0.323 e. The summed E-state index contributed by atoms with van der Waals surface area (Å²) in [5.74, 6) is -2.19. The number of likely N-dealkylation sites (tertiary alicyclic amines) is 1. The highest BCUT2D eigenvalue weighted by molar-refractivity contribution is 5.76. The van der Waals surface area contributed by atoms with E-state index in [0.717, 1.165) is 38.5 Å². The highest BCUT2D eigenvalue weighted by Gasteiger charge is 2.39. The third-order valence-electron chi connectivity index (χ3n) is 5.81. The zero-order chi connectivity index (χ0) is 25.3. The molecule has 10 heteroatoms. The molecular formula is C24H42N2O8. The molecule has 0 aliphatic carbocycles. The highest BCUT2D eigenvalue weighted by atomic mass is 16.5. The van der Waals surface area contributed by atoms with Gasteiger partial charge in [0.05, 0.1) is 13.0 Å². The van der Waals surface area contributed by atoms with Gasteiger partial charge in [-0.25, -0.2) is 0 Å². The summed E-state index contributed by atoms with van der Waals surface area (Å²) in [5, 5.41) is 17.4. The SMILES string of the molecule is CN(C)CCC(=O)OC1C[C@@H](C(=O)OCCCCCCCC(=O)O)N(CCCCCC(=O)O)C1. The van der Waals surface area contributed by atoms with Crippen LogP contribution >= 0.6 is 0 Å². The maximum absolute atomic E-state index is 12.7. The second-order valence-corrected chi connectivity index (χ2v) is 9.19. The molecule has 0 radical (unpaired) electrons. The number of ether oxygens (including phenoxy) is 2. The summed E-state index contributed by atoms with van der Waals surface area (Å²) in [6.07, 6.45) is 6.76. The van der Waals surface area contributed by atoms with E-state index in [4.69, 9.17) is 19.7 Å². The highest BCUT2D eigenvalue weighted by Crippen LogP contribution is 2.23. The number of hydrogen-bond acceptors (Lipinski definition) is 8. The molecule has 0 spiro atoms. The van der Waals surface area contributed by atoms with Crippen LogP contribution in [0.3, 0.4) is 0 Å². The van der Waals surface area contributed by atoms with Gasteiger partial charge in [0.25, 0.3) is 0 Å². The Morgan fingerprint density at radius 1 is 0.853 bits per heavy atom. The van der Waals surface area contributed by atoms with Gasteiger partial charge in [-0.05, 0) is 46.3 Å². The molecule has 0 bridgehead atoms. The van der Waals surface area contributed by atoms with E-state index in [2.05, 4.69) is 0 Å². The molecule has 1 rings (SSSR count). The van der Waals surface area contributed by atoms with Crippen LogP contribution in [0.5, 0.6) is 0 Å². The topological polar surface area (TPSA) is 134 Å². The average Bonchev–Trinajstić information content (AvgIpc) is 3.15. The number of carboxylic acids is 2. The molecule has 1 saturated heterocycles. The second-order valence-electron chi connectivity index (χ2n) is 9.19. The largest absolute Gasteiger partial charge is 0.481 e. The Hall–Kier alpha value is -2.20. The number of hydrogen-bond donors (Lipinski definition) is 2. The van der Waals surface area contributed by atoms with Crippen molar-refractivity contribution < 1.29 is 38.9 Å². The van der Waals surface area contributed by atoms with Gasteiger partial charge in [-0.2, -0.15) is 0 Å². The van der Waals surface area contributed by atoms with Crippen LogP contribution in [-0.2, 0) is 28.7 Å². The number of carbonyl (C=O) groups excluding carboxylic acids is 2. The van der Waals surface area contributed by atoms with Crippen molar-refractivity contribution in [3.8, 4) is 0 Å². The van der Waals surface area contributed by atoms with E-state index < -0.39 is 18.0 Å². The van der Waals surface area contributed by atoms with Gasteiger partial charge < -0.3 is 24.6 Å². The van der Waals surface area contributed by atoms with Crippen LogP contribution in [0.1, 0.15) is 77.0 Å². The van der Waals surface area contributed by atoms with Gasteiger partial charge in [0.1, 0.15) is 12.1 Å². The molecule has 0 amide bonds. The van der Waals surface area contributed by atoms with Crippen LogP contribution in [0.2, 0.25) is 0 Å². The normalized spacial score (nSPS) is 18.2. The molecule has 1 fully saturated rings. The van der Waals surface area contributed by atoms with Crippen molar-refractivity contribution in [2.75, 3.05) is 40.3 Å². The molecule has 1 unspecified atom stereocenters. The molecule has 10 nitrogen and oxygen atoms in total. The quantitative estimate of drug-likeness (QED) is 0.207. The van der Waals surface area contributed by atoms with Crippen molar-refractivity contribution in [2.45, 2.75) is 89.2 Å². The van der Waals surface area contributed by atoms with Crippen molar-refractivity contribution in [1.29, 1.82) is 0 Å². The van der Waals surface area contributed by atoms with Gasteiger partial charge in [0.15, 0.2) is 0 Å². The summed E-state index contributed by atoms with van der Waals surface area (Å²) >= 11 is 0. The average molecular weight is 487 g/mol. The minimum atomic E-state index is -0.811. The van der Waals surface area contributed by atoms with Crippen molar-refractivity contribution in [2.24, 2.45) is 0 Å². The van der Waals surface area contributed by atoms with Gasteiger partial charge in [-0.3, -0.25) is 24.1 Å². The lowest BCUT2D eigenvalue weighted by Gasteiger charge is -2.22. The Morgan fingerprint density at radius 3 is 2.06 bits per heavy atom. The van der Waals surface area contributed by atoms with E-state index in [1.54, 1.807) is 0 Å². The van der Waals surface area contributed by atoms with Crippen molar-refractivity contribution >= 4 is 23.9 Å². The monoisotopic (exact) mass is 486 g/mol. The molecule has 2 atom stereocenters. The van der Waals surface area contributed by atoms with Gasteiger partial charge in [0, 0.05) is 32.4 Å². The summed E-state index contributed by atoms with van der Waals surface area (Å²) in [7, 11) is 3.77. The molecule has 0 aromatic rings. The number of carbonyl (C=O) groups is 4. The number of nitrogens with zero attached hydrogens (tertiary/aromatic N) is 2. The lowest BCUT2D eigenvalue weighted by atomic mass is 10.1. The Labute approximate surface area is 202 Å². The predicted molar refractivity (Wildman–Crippen MR) is 125 cm³/mol. The fraction of sp³-hybridized carbons (Fsp3) is 0.833. The fourth-order valence-corrected chi connectivity index (χ4v) is 3.94. The third kappa shape index (κ3) is 14.1. The first-order chi connectivity index (χ1) is 16.2. The first-order valence-corrected chi connectivity index (χ1v) is 12.4. The molecule has 1 aliphatic heterocycles. The molecule has 2 N–H and O–H groups in total. The molecule has 0 saturated carbocycles. The van der Waals surface area contributed by atoms with E-state index in [9.17, 15) is 19.2 Å². The number of esters is 2. The first-order valence-electron chi connectivity index (χ1n) is 12.4. The summed E-state index contributed by atoms with van der Waals surface area (Å²) in [5.41, 5.74) is 0. The maximum Gasteiger partial charge on any atom is 0.323 e. The third-order valence-corrected chi connectivity index (χ3v) is 5.81. The van der Waals surface area contributed by atoms with Crippen molar-refractivity contribution in [3.63, 3.8) is 0 Å². The molecular weight excluding hydrogens is 444 g/mol. The lowest BCUT2D eigenvalue weighted by Crippen LogP contribution is -2.38. The van der Waals surface area contributed by atoms with Gasteiger partial charge in [-0.1, -0.05) is 25.7 Å². The van der Waals surface area contributed by atoms with Crippen LogP contribution < -0.4 is 0 Å². The van der Waals surface area contributed by atoms with Crippen molar-refractivity contribution in [1.82, 2.24) is 9.80 Å². The van der Waals surface area contributed by atoms with E-state index in [-0.39, 0.29) is 30.9 Å². The number of aliphatic carboxylic acids is 2. The van der Waals surface area contributed by atoms with Gasteiger partial charge in [0.2, 0.25) is 0 Å². The van der Waals surface area contributed by atoms with Gasteiger partial charge >= 0.3 is 23.9 Å². The first kappa shape index (κ1) is 29.8. The standard InChI is InChI=1S/C24H42N2O8/c1-25(2)15-13-23(31)34-19-17-20(26(18-19)14-9-6-8-12-22(29)30)24(32)33-16-10-5-3-4-7-11-21(27)28/h19-20H,3-18H2,1-2H3,(H,27,28)(H,29,30)/t19?,20-/m0/s1. The molecule has 1 heterocycles. The van der Waals surface area contributed by atoms with Crippen LogP contribution in [0.4, 0.5) is 0 Å². The Morgan fingerprint density at radius 2 is 1.44 bits per heavy atom. The number of rotatable bonds is 19. The zero-order valence-corrected chi connectivity index (χ0v) is 20.7. The minimum Gasteiger partial charge on any atom is -0.481 e. The fourth-order valence-electron chi connectivity index (χ4n) is 3.94. The molecule has 0 aromatic heterocycles. The van der Waals surface area contributed by atoms with E-state index in [1.807, 2.05) is 23.9 Å².